The van der Waals surface area contributed by atoms with Crippen molar-refractivity contribution in [2.45, 2.75) is 13.5 Å². The summed E-state index contributed by atoms with van der Waals surface area (Å²) in [6, 6.07) is 2.02. The summed E-state index contributed by atoms with van der Waals surface area (Å²) in [5.41, 5.74) is 3.05. The lowest BCUT2D eigenvalue weighted by Crippen LogP contribution is -2.24. The molecule has 0 aromatic carbocycles. The monoisotopic (exact) mass is 219 g/mol. The first-order valence-electron chi connectivity index (χ1n) is 5.47. The lowest BCUT2D eigenvalue weighted by molar-refractivity contribution is 0.652. The van der Waals surface area contributed by atoms with E-state index in [9.17, 15) is 0 Å². The highest BCUT2D eigenvalue weighted by Crippen LogP contribution is 2.13. The van der Waals surface area contributed by atoms with Gasteiger partial charge in [-0.05, 0) is 25.6 Å². The van der Waals surface area contributed by atoms with Gasteiger partial charge in [0.25, 0.3) is 0 Å². The molecular weight excluding hydrogens is 202 g/mol. The van der Waals surface area contributed by atoms with E-state index in [0.717, 1.165) is 36.6 Å². The Kier molecular flexibility index (Phi) is 3.48. The Balaban J connectivity index is 2.11. The number of nitrogens with one attached hydrogen (secondary N) is 3. The summed E-state index contributed by atoms with van der Waals surface area (Å²) in [6.07, 6.45) is 1.80. The van der Waals surface area contributed by atoms with Gasteiger partial charge < -0.3 is 15.6 Å². The van der Waals surface area contributed by atoms with Crippen molar-refractivity contribution in [1.82, 2.24) is 25.6 Å². The summed E-state index contributed by atoms with van der Waals surface area (Å²) in [6.45, 7) is 4.70. The molecule has 86 valence electrons. The fraction of sp³-hybridized carbons (Fsp3) is 0.455. The van der Waals surface area contributed by atoms with Crippen LogP contribution in [0.4, 0.5) is 0 Å². The van der Waals surface area contributed by atoms with Crippen molar-refractivity contribution in [3.8, 4) is 0 Å². The topological polar surface area (TPSA) is 65.6 Å². The molecule has 5 heteroatoms. The first-order valence-corrected chi connectivity index (χ1v) is 5.47. The Bertz CT molecular complexity index is 462. The Morgan fingerprint density at radius 2 is 2.25 bits per heavy atom. The van der Waals surface area contributed by atoms with Gasteiger partial charge in [-0.1, -0.05) is 0 Å². The van der Waals surface area contributed by atoms with Gasteiger partial charge in [-0.25, -0.2) is 9.97 Å². The third-order valence-electron chi connectivity index (χ3n) is 2.46. The van der Waals surface area contributed by atoms with Crippen molar-refractivity contribution in [2.24, 2.45) is 0 Å². The normalized spacial score (nSPS) is 11.1. The molecule has 0 unspecified atom stereocenters. The summed E-state index contributed by atoms with van der Waals surface area (Å²) >= 11 is 0. The molecule has 2 heterocycles. The van der Waals surface area contributed by atoms with Crippen molar-refractivity contribution < 1.29 is 0 Å². The number of pyridine rings is 1. The molecule has 2 aromatic rings. The molecule has 0 saturated heterocycles. The van der Waals surface area contributed by atoms with Crippen LogP contribution in [0.1, 0.15) is 11.4 Å². The van der Waals surface area contributed by atoms with Gasteiger partial charge in [0.1, 0.15) is 5.82 Å². The molecule has 0 bridgehead atoms. The van der Waals surface area contributed by atoms with Crippen molar-refractivity contribution in [3.05, 3.63) is 23.7 Å². The number of hydrogen-bond acceptors (Lipinski definition) is 4. The SMILES string of the molecule is CNCCNCc1ccnc2nc(C)[nH]c12. The van der Waals surface area contributed by atoms with Gasteiger partial charge in [-0.15, -0.1) is 0 Å². The van der Waals surface area contributed by atoms with Crippen molar-refractivity contribution in [2.75, 3.05) is 20.1 Å². The van der Waals surface area contributed by atoms with Gasteiger partial charge in [0.2, 0.25) is 0 Å². The number of hydrogen-bond donors (Lipinski definition) is 3. The van der Waals surface area contributed by atoms with Gasteiger partial charge in [-0.3, -0.25) is 0 Å². The smallest absolute Gasteiger partial charge is 0.177 e. The summed E-state index contributed by atoms with van der Waals surface area (Å²) < 4.78 is 0. The Labute approximate surface area is 94.7 Å². The number of aryl methyl sites for hydroxylation is 1. The molecule has 2 aromatic heterocycles. The van der Waals surface area contributed by atoms with E-state index in [1.165, 1.54) is 5.56 Å². The van der Waals surface area contributed by atoms with E-state index in [0.29, 0.717) is 0 Å². The highest BCUT2D eigenvalue weighted by Gasteiger charge is 2.05. The molecule has 0 amide bonds. The lowest BCUT2D eigenvalue weighted by atomic mass is 10.2. The minimum absolute atomic E-state index is 0.797. The summed E-state index contributed by atoms with van der Waals surface area (Å²) in [5, 5.41) is 6.47. The molecule has 0 atom stereocenters. The van der Waals surface area contributed by atoms with Gasteiger partial charge in [-0.2, -0.15) is 0 Å². The van der Waals surface area contributed by atoms with Crippen LogP contribution >= 0.6 is 0 Å². The second kappa shape index (κ2) is 5.05. The number of aromatic nitrogens is 3. The maximum absolute atomic E-state index is 4.31. The quantitative estimate of drug-likeness (QED) is 0.643. The average Bonchev–Trinajstić information content (AvgIpc) is 2.65. The minimum atomic E-state index is 0.797. The van der Waals surface area contributed by atoms with Crippen LogP contribution in [0.15, 0.2) is 12.3 Å². The number of H-pyrrole nitrogens is 1. The highest BCUT2D eigenvalue weighted by atomic mass is 15.0. The fourth-order valence-corrected chi connectivity index (χ4v) is 1.66. The molecule has 0 fully saturated rings. The molecule has 0 spiro atoms. The molecule has 5 nitrogen and oxygen atoms in total. The lowest BCUT2D eigenvalue weighted by Gasteiger charge is -2.04. The van der Waals surface area contributed by atoms with E-state index < -0.39 is 0 Å². The van der Waals surface area contributed by atoms with Crippen molar-refractivity contribution in [1.29, 1.82) is 0 Å². The van der Waals surface area contributed by atoms with Crippen molar-refractivity contribution in [3.63, 3.8) is 0 Å². The van der Waals surface area contributed by atoms with E-state index in [4.69, 9.17) is 0 Å². The van der Waals surface area contributed by atoms with Gasteiger partial charge >= 0.3 is 0 Å². The molecule has 0 aliphatic carbocycles. The first kappa shape index (κ1) is 11.0. The van der Waals surface area contributed by atoms with Crippen LogP contribution in [0, 0.1) is 6.92 Å². The zero-order valence-electron chi connectivity index (χ0n) is 9.67. The number of imidazole rings is 1. The number of likely N-dealkylation sites (N-methyl/N-ethyl adjacent to an activating group) is 1. The average molecular weight is 219 g/mol. The Morgan fingerprint density at radius 3 is 3.06 bits per heavy atom. The maximum Gasteiger partial charge on any atom is 0.177 e. The summed E-state index contributed by atoms with van der Waals surface area (Å²) in [5.74, 6) is 0.908. The largest absolute Gasteiger partial charge is 0.341 e. The number of fused-ring (bicyclic) bond motifs is 1. The molecule has 0 aliphatic heterocycles. The molecule has 3 N–H and O–H groups in total. The van der Waals surface area contributed by atoms with Crippen LogP contribution in [0.3, 0.4) is 0 Å². The van der Waals surface area contributed by atoms with Gasteiger partial charge in [0.15, 0.2) is 5.65 Å². The molecule has 16 heavy (non-hydrogen) atoms. The fourth-order valence-electron chi connectivity index (χ4n) is 1.66. The van der Waals surface area contributed by atoms with E-state index in [2.05, 4.69) is 25.6 Å². The second-order valence-electron chi connectivity index (χ2n) is 3.77. The minimum Gasteiger partial charge on any atom is -0.341 e. The summed E-state index contributed by atoms with van der Waals surface area (Å²) in [4.78, 5) is 11.8. The van der Waals surface area contributed by atoms with Crippen LogP contribution < -0.4 is 10.6 Å². The first-order chi connectivity index (χ1) is 7.81. The zero-order valence-corrected chi connectivity index (χ0v) is 9.67. The number of aromatic amines is 1. The van der Waals surface area contributed by atoms with Crippen LogP contribution in [0.25, 0.3) is 11.2 Å². The molecule has 0 saturated carbocycles. The van der Waals surface area contributed by atoms with Gasteiger partial charge in [0.05, 0.1) is 5.52 Å². The molecule has 0 radical (unpaired) electrons. The highest BCUT2D eigenvalue weighted by molar-refractivity contribution is 5.74. The van der Waals surface area contributed by atoms with Crippen LogP contribution in [0.2, 0.25) is 0 Å². The van der Waals surface area contributed by atoms with Gasteiger partial charge in [0, 0.05) is 25.8 Å². The predicted molar refractivity (Wildman–Crippen MR) is 64.3 cm³/mol. The number of nitrogens with zero attached hydrogens (tertiary/aromatic N) is 2. The standard InChI is InChI=1S/C11H17N5/c1-8-15-10-9(7-13-6-5-12-2)3-4-14-11(10)16-8/h3-4,12-13H,5-7H2,1-2H3,(H,14,15,16). The summed E-state index contributed by atoms with van der Waals surface area (Å²) in [7, 11) is 1.95. The van der Waals surface area contributed by atoms with E-state index in [-0.39, 0.29) is 0 Å². The van der Waals surface area contributed by atoms with E-state index in [1.807, 2.05) is 20.0 Å². The zero-order chi connectivity index (χ0) is 11.4. The number of rotatable bonds is 5. The van der Waals surface area contributed by atoms with Crippen molar-refractivity contribution >= 4 is 11.2 Å². The Morgan fingerprint density at radius 1 is 1.38 bits per heavy atom. The Hall–Kier alpha value is -1.46. The maximum atomic E-state index is 4.31. The van der Waals surface area contributed by atoms with E-state index >= 15 is 0 Å². The third-order valence-corrected chi connectivity index (χ3v) is 2.46. The van der Waals surface area contributed by atoms with E-state index in [1.54, 1.807) is 6.20 Å². The molecule has 0 aliphatic rings. The predicted octanol–water partition coefficient (Wildman–Crippen LogP) is 0.575. The second-order valence-corrected chi connectivity index (χ2v) is 3.77. The molecular formula is C11H17N5. The third kappa shape index (κ3) is 2.37. The molecule has 2 rings (SSSR count). The van der Waals surface area contributed by atoms with Crippen LogP contribution in [-0.4, -0.2) is 35.1 Å². The van der Waals surface area contributed by atoms with Crippen LogP contribution in [-0.2, 0) is 6.54 Å². The van der Waals surface area contributed by atoms with Crippen LogP contribution in [0.5, 0.6) is 0 Å².